The van der Waals surface area contributed by atoms with Crippen molar-refractivity contribution in [2.45, 2.75) is 25.0 Å². The Morgan fingerprint density at radius 3 is 2.56 bits per heavy atom. The first kappa shape index (κ1) is 20.5. The van der Waals surface area contributed by atoms with Gasteiger partial charge in [-0.25, -0.2) is 0 Å². The fraction of sp³-hybridized carbons (Fsp3) is 0.167. The van der Waals surface area contributed by atoms with Crippen molar-refractivity contribution in [1.29, 1.82) is 5.41 Å². The van der Waals surface area contributed by atoms with Crippen LogP contribution >= 0.6 is 0 Å². The van der Waals surface area contributed by atoms with Gasteiger partial charge in [-0.15, -0.1) is 0 Å². The number of anilines is 1. The Kier molecular flexibility index (Phi) is 5.06. The maximum atomic E-state index is 7.93. The van der Waals surface area contributed by atoms with E-state index in [1.54, 1.807) is 0 Å². The lowest BCUT2D eigenvalue weighted by atomic mass is 9.75. The van der Waals surface area contributed by atoms with E-state index < -0.39 is 0 Å². The lowest BCUT2D eigenvalue weighted by molar-refractivity contribution is 0.305. The van der Waals surface area contributed by atoms with Gasteiger partial charge in [-0.05, 0) is 70.5 Å². The number of nitrogens with two attached hydrogens (primary N) is 1. The molecule has 34 heavy (non-hydrogen) atoms. The third-order valence-electron chi connectivity index (χ3n) is 7.18. The summed E-state index contributed by atoms with van der Waals surface area (Å²) in [7, 11) is 0. The standard InChI is InChI=1S/C30H27N3O/c31-30(32)22-13-14-27-25(17-22)28-24-12-5-4-9-20(24)16-26(28)29(33-27)21-10-6-11-23(15-21)34-18-19-7-2-1-3-8-19/h1-15,17,26,28-29,33H,16,18H2,(H3,31,32). The second-order valence-electron chi connectivity index (χ2n) is 9.23. The van der Waals surface area contributed by atoms with Crippen LogP contribution < -0.4 is 15.8 Å². The average molecular weight is 446 g/mol. The summed E-state index contributed by atoms with van der Waals surface area (Å²) in [5.74, 6) is 1.63. The Morgan fingerprint density at radius 2 is 1.71 bits per heavy atom. The summed E-state index contributed by atoms with van der Waals surface area (Å²) in [5, 5.41) is 11.7. The molecule has 0 amide bonds. The van der Waals surface area contributed by atoms with Crippen LogP contribution in [-0.4, -0.2) is 5.84 Å². The van der Waals surface area contributed by atoms with E-state index in [-0.39, 0.29) is 17.8 Å². The molecule has 0 saturated heterocycles. The summed E-state index contributed by atoms with van der Waals surface area (Å²) >= 11 is 0. The van der Waals surface area contributed by atoms with Crippen LogP contribution in [0.1, 0.15) is 45.3 Å². The Morgan fingerprint density at radius 1 is 0.882 bits per heavy atom. The summed E-state index contributed by atoms with van der Waals surface area (Å²) in [6.07, 6.45) is 1.01. The van der Waals surface area contributed by atoms with E-state index in [1.807, 2.05) is 30.3 Å². The molecule has 1 aliphatic carbocycles. The van der Waals surface area contributed by atoms with Crippen molar-refractivity contribution in [3.63, 3.8) is 0 Å². The molecule has 168 valence electrons. The summed E-state index contributed by atoms with van der Waals surface area (Å²) in [5.41, 5.74) is 14.1. The highest BCUT2D eigenvalue weighted by atomic mass is 16.5. The number of benzene rings is 4. The monoisotopic (exact) mass is 445 g/mol. The van der Waals surface area contributed by atoms with Crippen LogP contribution in [-0.2, 0) is 13.0 Å². The second kappa shape index (κ2) is 8.38. The van der Waals surface area contributed by atoms with E-state index in [0.29, 0.717) is 12.5 Å². The Hall–Kier alpha value is -4.05. The van der Waals surface area contributed by atoms with Gasteiger partial charge in [0, 0.05) is 17.2 Å². The number of ether oxygens (including phenoxy) is 1. The zero-order valence-electron chi connectivity index (χ0n) is 18.9. The highest BCUT2D eigenvalue weighted by Gasteiger charge is 2.43. The van der Waals surface area contributed by atoms with Gasteiger partial charge in [-0.3, -0.25) is 5.41 Å². The van der Waals surface area contributed by atoms with Gasteiger partial charge in [0.1, 0.15) is 18.2 Å². The molecule has 4 aromatic carbocycles. The highest BCUT2D eigenvalue weighted by molar-refractivity contribution is 5.95. The largest absolute Gasteiger partial charge is 0.489 e. The van der Waals surface area contributed by atoms with Crippen molar-refractivity contribution in [3.8, 4) is 5.75 Å². The number of amidine groups is 1. The van der Waals surface area contributed by atoms with Gasteiger partial charge in [0.2, 0.25) is 0 Å². The van der Waals surface area contributed by atoms with E-state index in [0.717, 1.165) is 29.0 Å². The van der Waals surface area contributed by atoms with Gasteiger partial charge in [0.25, 0.3) is 0 Å². The third-order valence-corrected chi connectivity index (χ3v) is 7.18. The van der Waals surface area contributed by atoms with Crippen molar-refractivity contribution in [1.82, 2.24) is 0 Å². The molecule has 0 fully saturated rings. The molecule has 0 bridgehead atoms. The Balaban J connectivity index is 1.36. The zero-order chi connectivity index (χ0) is 23.1. The first-order valence-electron chi connectivity index (χ1n) is 11.8. The number of nitrogen functional groups attached to an aromatic ring is 1. The first-order valence-corrected chi connectivity index (χ1v) is 11.8. The number of hydrogen-bond donors (Lipinski definition) is 3. The van der Waals surface area contributed by atoms with Crippen molar-refractivity contribution in [3.05, 3.63) is 130 Å². The molecule has 3 atom stereocenters. The van der Waals surface area contributed by atoms with E-state index >= 15 is 0 Å². The second-order valence-corrected chi connectivity index (χ2v) is 9.23. The molecule has 0 aromatic heterocycles. The molecule has 3 unspecified atom stereocenters. The smallest absolute Gasteiger partial charge is 0.122 e. The fourth-order valence-corrected chi connectivity index (χ4v) is 5.60. The molecule has 0 radical (unpaired) electrons. The average Bonchev–Trinajstić information content (AvgIpc) is 3.27. The predicted molar refractivity (Wildman–Crippen MR) is 137 cm³/mol. The SMILES string of the molecule is N=C(N)c1ccc2c(c1)C1c3ccccc3CC1C(c1cccc(OCc3ccccc3)c1)N2. The normalized spacial score (nSPS) is 19.9. The molecular formula is C30H27N3O. The predicted octanol–water partition coefficient (Wildman–Crippen LogP) is 6.02. The van der Waals surface area contributed by atoms with Crippen LogP contribution in [0.15, 0.2) is 97.1 Å². The van der Waals surface area contributed by atoms with E-state index in [1.165, 1.54) is 22.3 Å². The molecule has 1 heterocycles. The molecule has 4 aromatic rings. The van der Waals surface area contributed by atoms with Crippen LogP contribution in [0.5, 0.6) is 5.75 Å². The molecule has 1 aliphatic heterocycles. The van der Waals surface area contributed by atoms with Gasteiger partial charge >= 0.3 is 0 Å². The van der Waals surface area contributed by atoms with Crippen LogP contribution in [0, 0.1) is 11.3 Å². The van der Waals surface area contributed by atoms with Gasteiger partial charge in [0.15, 0.2) is 0 Å². The summed E-state index contributed by atoms with van der Waals surface area (Å²) in [6, 6.07) is 33.8. The molecule has 4 N–H and O–H groups in total. The van der Waals surface area contributed by atoms with Crippen LogP contribution in [0.4, 0.5) is 5.69 Å². The molecule has 4 heteroatoms. The lowest BCUT2D eigenvalue weighted by Gasteiger charge is -2.38. The topological polar surface area (TPSA) is 71.1 Å². The van der Waals surface area contributed by atoms with E-state index in [4.69, 9.17) is 15.9 Å². The minimum absolute atomic E-state index is 0.107. The summed E-state index contributed by atoms with van der Waals surface area (Å²) in [6.45, 7) is 0.552. The van der Waals surface area contributed by atoms with E-state index in [9.17, 15) is 0 Å². The fourth-order valence-electron chi connectivity index (χ4n) is 5.60. The summed E-state index contributed by atoms with van der Waals surface area (Å²) in [4.78, 5) is 0. The van der Waals surface area contributed by atoms with Crippen LogP contribution in [0.25, 0.3) is 0 Å². The van der Waals surface area contributed by atoms with Crippen molar-refractivity contribution in [2.24, 2.45) is 11.7 Å². The number of nitrogens with one attached hydrogen (secondary N) is 2. The third kappa shape index (κ3) is 3.61. The van der Waals surface area contributed by atoms with Crippen molar-refractivity contribution >= 4 is 11.5 Å². The van der Waals surface area contributed by atoms with Gasteiger partial charge in [-0.1, -0.05) is 66.7 Å². The van der Waals surface area contributed by atoms with Gasteiger partial charge in [0.05, 0.1) is 6.04 Å². The maximum Gasteiger partial charge on any atom is 0.122 e. The van der Waals surface area contributed by atoms with Gasteiger partial charge < -0.3 is 15.8 Å². The minimum Gasteiger partial charge on any atom is -0.489 e. The quantitative estimate of drug-likeness (QED) is 0.260. The summed E-state index contributed by atoms with van der Waals surface area (Å²) < 4.78 is 6.14. The Bertz CT molecular complexity index is 1360. The molecular weight excluding hydrogens is 418 g/mol. The first-order chi connectivity index (χ1) is 16.7. The van der Waals surface area contributed by atoms with Gasteiger partial charge in [-0.2, -0.15) is 0 Å². The van der Waals surface area contributed by atoms with E-state index in [2.05, 4.69) is 72.0 Å². The Labute approximate surface area is 199 Å². The molecule has 0 spiro atoms. The molecule has 4 nitrogen and oxygen atoms in total. The van der Waals surface area contributed by atoms with Crippen LogP contribution in [0.3, 0.4) is 0 Å². The maximum absolute atomic E-state index is 7.93. The number of rotatable bonds is 5. The minimum atomic E-state index is 0.107. The van der Waals surface area contributed by atoms with Crippen molar-refractivity contribution < 1.29 is 4.74 Å². The number of fused-ring (bicyclic) bond motifs is 5. The molecule has 6 rings (SSSR count). The van der Waals surface area contributed by atoms with Crippen molar-refractivity contribution in [2.75, 3.05) is 5.32 Å². The number of hydrogen-bond acceptors (Lipinski definition) is 3. The molecule has 2 aliphatic rings. The highest BCUT2D eigenvalue weighted by Crippen LogP contribution is 2.54. The lowest BCUT2D eigenvalue weighted by Crippen LogP contribution is -2.30. The zero-order valence-corrected chi connectivity index (χ0v) is 18.9. The van der Waals surface area contributed by atoms with Crippen LogP contribution in [0.2, 0.25) is 0 Å². The molecule has 0 saturated carbocycles.